The number of fused-ring (bicyclic) bond motifs is 1. The number of amides is 1. The van der Waals surface area contributed by atoms with Gasteiger partial charge >= 0.3 is 6.18 Å². The Morgan fingerprint density at radius 1 is 1.03 bits per heavy atom. The second-order valence-corrected chi connectivity index (χ2v) is 7.82. The van der Waals surface area contributed by atoms with E-state index in [1.54, 1.807) is 30.0 Å². The number of hydrogen-bond acceptors (Lipinski definition) is 4. The first kappa shape index (κ1) is 22.0. The number of benzene rings is 2. The summed E-state index contributed by atoms with van der Waals surface area (Å²) in [6.07, 6.45) is -3.03. The summed E-state index contributed by atoms with van der Waals surface area (Å²) < 4.78 is 51.6. The van der Waals surface area contributed by atoms with Crippen molar-refractivity contribution in [2.75, 3.05) is 27.3 Å². The number of carbonyl (C=O) groups is 1. The number of alkyl halides is 3. The molecule has 6 nitrogen and oxygen atoms in total. The molecule has 3 aromatic rings. The van der Waals surface area contributed by atoms with Gasteiger partial charge in [-0.25, -0.2) is 4.98 Å². The zero-order valence-corrected chi connectivity index (χ0v) is 18.1. The first-order chi connectivity index (χ1) is 15.2. The molecule has 0 saturated carbocycles. The molecule has 170 valence electrons. The lowest BCUT2D eigenvalue weighted by Crippen LogP contribution is -2.39. The summed E-state index contributed by atoms with van der Waals surface area (Å²) in [7, 11) is 3.06. The lowest BCUT2D eigenvalue weighted by atomic mass is 10.0. The fraction of sp³-hybridized carbons (Fsp3) is 0.391. The van der Waals surface area contributed by atoms with E-state index in [9.17, 15) is 18.0 Å². The van der Waals surface area contributed by atoms with Crippen LogP contribution in [0.25, 0.3) is 11.0 Å². The smallest absolute Gasteiger partial charge is 0.416 e. The van der Waals surface area contributed by atoms with Gasteiger partial charge in [0.1, 0.15) is 5.82 Å². The minimum atomic E-state index is -4.40. The van der Waals surface area contributed by atoms with E-state index in [0.29, 0.717) is 59.9 Å². The summed E-state index contributed by atoms with van der Waals surface area (Å²) in [6.45, 7) is 2.88. The fourth-order valence-corrected chi connectivity index (χ4v) is 4.34. The molecular weight excluding hydrogens is 423 g/mol. The molecular formula is C23H24F3N3O3. The van der Waals surface area contributed by atoms with Crippen LogP contribution in [0.3, 0.4) is 0 Å². The van der Waals surface area contributed by atoms with Crippen LogP contribution in [-0.4, -0.2) is 47.7 Å². The third-order valence-corrected chi connectivity index (χ3v) is 5.94. The van der Waals surface area contributed by atoms with Crippen LogP contribution in [0.5, 0.6) is 11.5 Å². The maximum absolute atomic E-state index is 13.0. The number of nitrogens with zero attached hydrogens (tertiary/aromatic N) is 3. The molecule has 2 aromatic carbocycles. The molecule has 4 rings (SSSR count). The van der Waals surface area contributed by atoms with Gasteiger partial charge in [-0.1, -0.05) is 0 Å². The number of ether oxygens (including phenoxy) is 2. The van der Waals surface area contributed by atoms with Crippen molar-refractivity contribution in [3.63, 3.8) is 0 Å². The molecule has 1 aliphatic heterocycles. The standard InChI is InChI=1S/C23H24F3N3O3/c1-14-27-18-13-16(23(24,25)26)5-6-19(18)29(14)17-8-10-28(11-9-17)22(30)15-4-7-20(31-2)21(12-15)32-3/h4-7,12-13,17H,8-11H2,1-3H3. The first-order valence-electron chi connectivity index (χ1n) is 10.3. The SMILES string of the molecule is COc1ccc(C(=O)N2CCC(n3c(C)nc4cc(C(F)(F)F)ccc43)CC2)cc1OC. The number of piperidine rings is 1. The van der Waals surface area contributed by atoms with Crippen molar-refractivity contribution in [3.05, 3.63) is 53.3 Å². The average Bonchev–Trinajstić information content (AvgIpc) is 3.12. The highest BCUT2D eigenvalue weighted by atomic mass is 19.4. The first-order valence-corrected chi connectivity index (χ1v) is 10.3. The Hall–Kier alpha value is -3.23. The molecule has 32 heavy (non-hydrogen) atoms. The molecule has 0 unspecified atom stereocenters. The number of imidazole rings is 1. The van der Waals surface area contributed by atoms with E-state index in [1.165, 1.54) is 20.3 Å². The van der Waals surface area contributed by atoms with Gasteiger partial charge in [0.15, 0.2) is 11.5 Å². The van der Waals surface area contributed by atoms with Crippen LogP contribution in [0.4, 0.5) is 13.2 Å². The number of carbonyl (C=O) groups excluding carboxylic acids is 1. The highest BCUT2D eigenvalue weighted by molar-refractivity contribution is 5.95. The molecule has 2 heterocycles. The van der Waals surface area contributed by atoms with E-state index in [4.69, 9.17) is 9.47 Å². The Morgan fingerprint density at radius 3 is 2.34 bits per heavy atom. The summed E-state index contributed by atoms with van der Waals surface area (Å²) in [6, 6.07) is 8.81. The highest BCUT2D eigenvalue weighted by Crippen LogP contribution is 2.34. The van der Waals surface area contributed by atoms with E-state index in [1.807, 2.05) is 4.57 Å². The largest absolute Gasteiger partial charge is 0.493 e. The van der Waals surface area contributed by atoms with Crippen molar-refractivity contribution >= 4 is 16.9 Å². The van der Waals surface area contributed by atoms with Crippen LogP contribution >= 0.6 is 0 Å². The molecule has 1 fully saturated rings. The summed E-state index contributed by atoms with van der Waals surface area (Å²) in [4.78, 5) is 19.1. The number of aryl methyl sites for hydroxylation is 1. The second kappa shape index (κ2) is 8.37. The van der Waals surface area contributed by atoms with Gasteiger partial charge in [0.05, 0.1) is 30.8 Å². The lowest BCUT2D eigenvalue weighted by Gasteiger charge is -2.33. The topological polar surface area (TPSA) is 56.6 Å². The van der Waals surface area contributed by atoms with Gasteiger partial charge in [0, 0.05) is 24.7 Å². The molecule has 0 spiro atoms. The van der Waals surface area contributed by atoms with Crippen LogP contribution in [0.15, 0.2) is 36.4 Å². The van der Waals surface area contributed by atoms with Crippen molar-refractivity contribution in [1.29, 1.82) is 0 Å². The van der Waals surface area contributed by atoms with Gasteiger partial charge < -0.3 is 18.9 Å². The van der Waals surface area contributed by atoms with E-state index in [0.717, 1.165) is 12.1 Å². The Bertz CT molecular complexity index is 1150. The fourth-order valence-electron chi connectivity index (χ4n) is 4.34. The zero-order valence-electron chi connectivity index (χ0n) is 18.1. The van der Waals surface area contributed by atoms with Crippen LogP contribution in [-0.2, 0) is 6.18 Å². The van der Waals surface area contributed by atoms with Crippen LogP contribution in [0.2, 0.25) is 0 Å². The zero-order chi connectivity index (χ0) is 23.0. The predicted octanol–water partition coefficient (Wildman–Crippen LogP) is 4.86. The predicted molar refractivity (Wildman–Crippen MR) is 113 cm³/mol. The van der Waals surface area contributed by atoms with Gasteiger partial charge in [-0.2, -0.15) is 13.2 Å². The Labute approximate surface area is 183 Å². The second-order valence-electron chi connectivity index (χ2n) is 7.82. The van der Waals surface area contributed by atoms with Crippen molar-refractivity contribution in [2.24, 2.45) is 0 Å². The summed E-state index contributed by atoms with van der Waals surface area (Å²) in [5, 5.41) is 0. The van der Waals surface area contributed by atoms with Crippen LogP contribution in [0.1, 0.15) is 40.6 Å². The highest BCUT2D eigenvalue weighted by Gasteiger charge is 2.32. The maximum atomic E-state index is 13.0. The van der Waals surface area contributed by atoms with Crippen molar-refractivity contribution in [2.45, 2.75) is 32.0 Å². The third-order valence-electron chi connectivity index (χ3n) is 5.94. The number of likely N-dealkylation sites (tertiary alicyclic amines) is 1. The van der Waals surface area contributed by atoms with Gasteiger partial charge in [-0.05, 0) is 56.2 Å². The molecule has 1 amide bonds. The molecule has 0 atom stereocenters. The normalized spacial score (nSPS) is 15.2. The number of methoxy groups -OCH3 is 2. The number of aromatic nitrogens is 2. The van der Waals surface area contributed by atoms with Crippen LogP contribution in [0, 0.1) is 6.92 Å². The molecule has 1 saturated heterocycles. The molecule has 0 radical (unpaired) electrons. The molecule has 0 bridgehead atoms. The van der Waals surface area contributed by atoms with Crippen molar-refractivity contribution in [3.8, 4) is 11.5 Å². The number of hydrogen-bond donors (Lipinski definition) is 0. The number of rotatable bonds is 4. The minimum absolute atomic E-state index is 0.0613. The van der Waals surface area contributed by atoms with Gasteiger partial charge in [0.25, 0.3) is 5.91 Å². The average molecular weight is 447 g/mol. The molecule has 1 aromatic heterocycles. The van der Waals surface area contributed by atoms with Gasteiger partial charge in [0.2, 0.25) is 0 Å². The van der Waals surface area contributed by atoms with Gasteiger partial charge in [-0.3, -0.25) is 4.79 Å². The third kappa shape index (κ3) is 3.99. The Kier molecular flexibility index (Phi) is 5.75. The summed E-state index contributed by atoms with van der Waals surface area (Å²) in [5.74, 6) is 1.63. The van der Waals surface area contributed by atoms with E-state index in [-0.39, 0.29) is 11.9 Å². The Balaban J connectivity index is 1.51. The van der Waals surface area contributed by atoms with Crippen LogP contribution < -0.4 is 9.47 Å². The van der Waals surface area contributed by atoms with Crippen molar-refractivity contribution in [1.82, 2.24) is 14.5 Å². The Morgan fingerprint density at radius 2 is 1.72 bits per heavy atom. The molecule has 1 aliphatic rings. The van der Waals surface area contributed by atoms with E-state index < -0.39 is 11.7 Å². The summed E-state index contributed by atoms with van der Waals surface area (Å²) >= 11 is 0. The molecule has 9 heteroatoms. The van der Waals surface area contributed by atoms with Gasteiger partial charge in [-0.15, -0.1) is 0 Å². The lowest BCUT2D eigenvalue weighted by molar-refractivity contribution is -0.137. The monoisotopic (exact) mass is 447 g/mol. The van der Waals surface area contributed by atoms with E-state index in [2.05, 4.69) is 4.98 Å². The summed E-state index contributed by atoms with van der Waals surface area (Å²) in [5.41, 5.74) is 0.830. The quantitative estimate of drug-likeness (QED) is 0.573. The molecule has 0 aliphatic carbocycles. The number of halogens is 3. The van der Waals surface area contributed by atoms with E-state index >= 15 is 0 Å². The van der Waals surface area contributed by atoms with Crippen molar-refractivity contribution < 1.29 is 27.4 Å². The molecule has 0 N–H and O–H groups in total. The minimum Gasteiger partial charge on any atom is -0.493 e. The maximum Gasteiger partial charge on any atom is 0.416 e.